The van der Waals surface area contributed by atoms with Crippen LogP contribution in [0.5, 0.6) is 0 Å². The van der Waals surface area contributed by atoms with Crippen LogP contribution in [-0.2, 0) is 6.42 Å². The summed E-state index contributed by atoms with van der Waals surface area (Å²) in [6, 6.07) is 6.56. The van der Waals surface area contributed by atoms with Gasteiger partial charge in [0, 0.05) is 16.1 Å². The molecule has 2 saturated carbocycles. The molecule has 0 saturated heterocycles. The maximum absolute atomic E-state index is 6.18. The van der Waals surface area contributed by atoms with E-state index in [1.165, 1.54) is 31.2 Å². The Balaban J connectivity index is 1.51. The Hall–Kier alpha value is -0.240. The maximum atomic E-state index is 6.18. The third kappa shape index (κ3) is 3.20. The highest BCUT2D eigenvalue weighted by Crippen LogP contribution is 2.44. The average molecular weight is 284 g/mol. The van der Waals surface area contributed by atoms with E-state index >= 15 is 0 Å². The van der Waals surface area contributed by atoms with Gasteiger partial charge >= 0.3 is 0 Å². The van der Waals surface area contributed by atoms with Crippen LogP contribution in [0.3, 0.4) is 0 Å². The van der Waals surface area contributed by atoms with Gasteiger partial charge in [-0.15, -0.1) is 0 Å². The summed E-state index contributed by atoms with van der Waals surface area (Å²) in [6.45, 7) is 1.03. The highest BCUT2D eigenvalue weighted by atomic mass is 35.5. The van der Waals surface area contributed by atoms with Crippen molar-refractivity contribution in [2.24, 2.45) is 11.8 Å². The maximum Gasteiger partial charge on any atom is 0.0453 e. The predicted octanol–water partition coefficient (Wildman–Crippen LogP) is 4.31. The second-order valence-electron chi connectivity index (χ2n) is 5.64. The SMILES string of the molecule is Clc1ccc(CCNC(C2CC2)C2CC2)c(Cl)c1. The zero-order valence-electron chi connectivity index (χ0n) is 10.5. The van der Waals surface area contributed by atoms with Crippen molar-refractivity contribution in [2.75, 3.05) is 6.54 Å². The van der Waals surface area contributed by atoms with Gasteiger partial charge in [-0.2, -0.15) is 0 Å². The lowest BCUT2D eigenvalue weighted by Gasteiger charge is -2.17. The highest BCUT2D eigenvalue weighted by molar-refractivity contribution is 6.35. The van der Waals surface area contributed by atoms with Crippen molar-refractivity contribution in [2.45, 2.75) is 38.1 Å². The van der Waals surface area contributed by atoms with E-state index in [1.807, 2.05) is 18.2 Å². The summed E-state index contributed by atoms with van der Waals surface area (Å²) in [4.78, 5) is 0. The summed E-state index contributed by atoms with van der Waals surface area (Å²) in [5.41, 5.74) is 1.19. The molecule has 0 amide bonds. The molecule has 98 valence electrons. The van der Waals surface area contributed by atoms with Crippen LogP contribution in [0.2, 0.25) is 10.0 Å². The Morgan fingerprint density at radius 1 is 1.11 bits per heavy atom. The summed E-state index contributed by atoms with van der Waals surface area (Å²) in [5, 5.41) is 5.25. The molecule has 2 fully saturated rings. The molecule has 0 unspecified atom stereocenters. The van der Waals surface area contributed by atoms with Crippen molar-refractivity contribution >= 4 is 23.2 Å². The Morgan fingerprint density at radius 2 is 1.78 bits per heavy atom. The quantitative estimate of drug-likeness (QED) is 0.820. The van der Waals surface area contributed by atoms with E-state index in [1.54, 1.807) is 0 Å². The lowest BCUT2D eigenvalue weighted by atomic mass is 10.1. The molecule has 0 aliphatic heterocycles. The van der Waals surface area contributed by atoms with Crippen LogP contribution in [0.15, 0.2) is 18.2 Å². The van der Waals surface area contributed by atoms with E-state index in [9.17, 15) is 0 Å². The van der Waals surface area contributed by atoms with Crippen LogP contribution in [-0.4, -0.2) is 12.6 Å². The Kier molecular flexibility index (Phi) is 3.83. The first-order chi connectivity index (χ1) is 8.74. The smallest absolute Gasteiger partial charge is 0.0453 e. The van der Waals surface area contributed by atoms with E-state index in [-0.39, 0.29) is 0 Å². The van der Waals surface area contributed by atoms with Gasteiger partial charge < -0.3 is 5.32 Å². The predicted molar refractivity (Wildman–Crippen MR) is 77.4 cm³/mol. The molecule has 1 N–H and O–H groups in total. The molecule has 3 heteroatoms. The number of benzene rings is 1. The highest BCUT2D eigenvalue weighted by Gasteiger charge is 2.40. The van der Waals surface area contributed by atoms with Crippen LogP contribution in [0.1, 0.15) is 31.2 Å². The summed E-state index contributed by atoms with van der Waals surface area (Å²) >= 11 is 12.1. The van der Waals surface area contributed by atoms with Crippen molar-refractivity contribution in [1.29, 1.82) is 0 Å². The normalized spacial score (nSPS) is 19.5. The summed E-state index contributed by atoms with van der Waals surface area (Å²) < 4.78 is 0. The fourth-order valence-corrected chi connectivity index (χ4v) is 3.23. The second kappa shape index (κ2) is 5.40. The van der Waals surface area contributed by atoms with E-state index in [4.69, 9.17) is 23.2 Å². The van der Waals surface area contributed by atoms with Crippen LogP contribution >= 0.6 is 23.2 Å². The van der Waals surface area contributed by atoms with Gasteiger partial charge in [-0.05, 0) is 68.2 Å². The molecule has 0 radical (unpaired) electrons. The minimum atomic E-state index is 0.713. The molecule has 2 aliphatic carbocycles. The molecular weight excluding hydrogens is 265 g/mol. The Bertz CT molecular complexity index is 413. The standard InChI is InChI=1S/C15H19Cl2N/c16-13-6-5-10(14(17)9-13)7-8-18-15(11-1-2-11)12-3-4-12/h5-6,9,11-12,15,18H,1-4,7-8H2. The molecule has 0 aromatic heterocycles. The second-order valence-corrected chi connectivity index (χ2v) is 6.48. The van der Waals surface area contributed by atoms with Gasteiger partial charge in [-0.3, -0.25) is 0 Å². The third-order valence-corrected chi connectivity index (χ3v) is 4.64. The molecule has 0 atom stereocenters. The van der Waals surface area contributed by atoms with Crippen molar-refractivity contribution in [3.8, 4) is 0 Å². The zero-order chi connectivity index (χ0) is 12.5. The first-order valence-electron chi connectivity index (χ1n) is 6.91. The Labute approximate surface area is 119 Å². The summed E-state index contributed by atoms with van der Waals surface area (Å²) in [7, 11) is 0. The van der Waals surface area contributed by atoms with E-state index in [0.717, 1.165) is 35.9 Å². The van der Waals surface area contributed by atoms with Crippen molar-refractivity contribution in [3.05, 3.63) is 33.8 Å². The summed E-state index contributed by atoms with van der Waals surface area (Å²) in [6.07, 6.45) is 6.70. The topological polar surface area (TPSA) is 12.0 Å². The molecule has 2 aliphatic rings. The van der Waals surface area contributed by atoms with E-state index in [0.29, 0.717) is 5.02 Å². The average Bonchev–Trinajstić information content (AvgIpc) is 3.20. The summed E-state index contributed by atoms with van der Waals surface area (Å²) in [5.74, 6) is 1.91. The van der Waals surface area contributed by atoms with Crippen LogP contribution in [0, 0.1) is 11.8 Å². The largest absolute Gasteiger partial charge is 0.313 e. The molecule has 1 aromatic rings. The fraction of sp³-hybridized carbons (Fsp3) is 0.600. The van der Waals surface area contributed by atoms with Gasteiger partial charge in [0.05, 0.1) is 0 Å². The number of nitrogens with one attached hydrogen (secondary N) is 1. The van der Waals surface area contributed by atoms with Gasteiger partial charge in [-0.1, -0.05) is 29.3 Å². The molecule has 18 heavy (non-hydrogen) atoms. The molecule has 3 rings (SSSR count). The molecular formula is C15H19Cl2N. The lowest BCUT2D eigenvalue weighted by molar-refractivity contribution is 0.420. The van der Waals surface area contributed by atoms with Gasteiger partial charge in [0.1, 0.15) is 0 Å². The zero-order valence-corrected chi connectivity index (χ0v) is 12.0. The number of rotatable bonds is 6. The van der Waals surface area contributed by atoms with Crippen LogP contribution in [0.4, 0.5) is 0 Å². The van der Waals surface area contributed by atoms with Crippen LogP contribution in [0.25, 0.3) is 0 Å². The van der Waals surface area contributed by atoms with Crippen LogP contribution < -0.4 is 5.32 Å². The monoisotopic (exact) mass is 283 g/mol. The van der Waals surface area contributed by atoms with Gasteiger partial charge in [0.25, 0.3) is 0 Å². The minimum Gasteiger partial charge on any atom is -0.313 e. The first kappa shape index (κ1) is 12.8. The fourth-order valence-electron chi connectivity index (χ4n) is 2.73. The Morgan fingerprint density at radius 3 is 2.33 bits per heavy atom. The van der Waals surface area contributed by atoms with Crippen molar-refractivity contribution in [1.82, 2.24) is 5.32 Å². The van der Waals surface area contributed by atoms with Gasteiger partial charge in [0.15, 0.2) is 0 Å². The molecule has 0 spiro atoms. The first-order valence-corrected chi connectivity index (χ1v) is 7.67. The molecule has 0 bridgehead atoms. The lowest BCUT2D eigenvalue weighted by Crippen LogP contribution is -2.34. The minimum absolute atomic E-state index is 0.713. The number of halogens is 2. The van der Waals surface area contributed by atoms with Gasteiger partial charge in [0.2, 0.25) is 0 Å². The number of hydrogen-bond acceptors (Lipinski definition) is 1. The number of hydrogen-bond donors (Lipinski definition) is 1. The van der Waals surface area contributed by atoms with Gasteiger partial charge in [-0.25, -0.2) is 0 Å². The molecule has 1 nitrogen and oxygen atoms in total. The van der Waals surface area contributed by atoms with E-state index in [2.05, 4.69) is 5.32 Å². The third-order valence-electron chi connectivity index (χ3n) is 4.05. The molecule has 0 heterocycles. The van der Waals surface area contributed by atoms with E-state index < -0.39 is 0 Å². The van der Waals surface area contributed by atoms with Crippen molar-refractivity contribution in [3.63, 3.8) is 0 Å². The molecule has 1 aromatic carbocycles. The van der Waals surface area contributed by atoms with Crippen molar-refractivity contribution < 1.29 is 0 Å².